The van der Waals surface area contributed by atoms with Gasteiger partial charge in [0.15, 0.2) is 6.61 Å². The lowest BCUT2D eigenvalue weighted by Gasteiger charge is -2.15. The normalized spacial score (nSPS) is 12.1. The van der Waals surface area contributed by atoms with E-state index in [9.17, 15) is 26.4 Å². The number of ether oxygens (including phenoxy) is 1. The number of sulfonamides is 1. The maximum absolute atomic E-state index is 12.7. The maximum atomic E-state index is 12.7. The molecule has 0 saturated heterocycles. The first-order chi connectivity index (χ1) is 13.0. The van der Waals surface area contributed by atoms with Crippen LogP contribution in [0.2, 0.25) is 5.02 Å². The summed E-state index contributed by atoms with van der Waals surface area (Å²) >= 11 is 5.82. The fourth-order valence-electron chi connectivity index (χ4n) is 2.29. The highest BCUT2D eigenvalue weighted by Gasteiger charge is 2.29. The molecule has 1 N–H and O–H groups in total. The number of alkyl halides is 3. The van der Waals surface area contributed by atoms with Gasteiger partial charge in [-0.05, 0) is 42.5 Å². The molecule has 3 rings (SSSR count). The number of hydrogen-bond acceptors (Lipinski definition) is 5. The molecule has 1 aromatic heterocycles. The van der Waals surface area contributed by atoms with Crippen LogP contribution in [0.15, 0.2) is 62.6 Å². The predicted octanol–water partition coefficient (Wildman–Crippen LogP) is 4.19. The minimum atomic E-state index is -4.60. The summed E-state index contributed by atoms with van der Waals surface area (Å²) in [6, 6.07) is 9.78. The molecule has 0 atom stereocenters. The fourth-order valence-corrected chi connectivity index (χ4v) is 3.56. The van der Waals surface area contributed by atoms with E-state index in [4.69, 9.17) is 16.0 Å². The first kappa shape index (κ1) is 20.0. The van der Waals surface area contributed by atoms with Gasteiger partial charge in [-0.15, -0.1) is 0 Å². The molecule has 0 radical (unpaired) electrons. The molecule has 0 spiro atoms. The fraction of sp³-hybridized carbons (Fsp3) is 0.118. The van der Waals surface area contributed by atoms with Crippen LogP contribution in [-0.4, -0.2) is 21.2 Å². The minimum absolute atomic E-state index is 0.0948. The summed E-state index contributed by atoms with van der Waals surface area (Å²) in [6.07, 6.45) is -4.60. The molecular weight excluding hydrogens is 423 g/mol. The van der Waals surface area contributed by atoms with E-state index >= 15 is 0 Å². The molecule has 3 aromatic rings. The Morgan fingerprint density at radius 2 is 1.82 bits per heavy atom. The van der Waals surface area contributed by atoms with Gasteiger partial charge in [-0.2, -0.15) is 13.2 Å². The van der Waals surface area contributed by atoms with Crippen molar-refractivity contribution in [2.24, 2.45) is 0 Å². The van der Waals surface area contributed by atoms with Crippen LogP contribution in [0.5, 0.6) is 5.75 Å². The smallest absolute Gasteiger partial charge is 0.422 e. The monoisotopic (exact) mass is 433 g/mol. The molecule has 0 amide bonds. The van der Waals surface area contributed by atoms with Crippen LogP contribution in [0.4, 0.5) is 18.9 Å². The summed E-state index contributed by atoms with van der Waals surface area (Å²) in [4.78, 5) is 11.0. The van der Waals surface area contributed by atoms with Gasteiger partial charge in [-0.3, -0.25) is 4.72 Å². The summed E-state index contributed by atoms with van der Waals surface area (Å²) in [5.74, 6) is -0.336. The molecule has 0 bridgehead atoms. The van der Waals surface area contributed by atoms with Gasteiger partial charge < -0.3 is 9.15 Å². The van der Waals surface area contributed by atoms with Gasteiger partial charge in [0.1, 0.15) is 11.3 Å². The zero-order valence-electron chi connectivity index (χ0n) is 13.8. The molecule has 6 nitrogen and oxygen atoms in total. The lowest BCUT2D eigenvalue weighted by molar-refractivity contribution is -0.153. The minimum Gasteiger partial charge on any atom is -0.482 e. The van der Waals surface area contributed by atoms with Gasteiger partial charge in [-0.25, -0.2) is 13.2 Å². The van der Waals surface area contributed by atoms with Crippen molar-refractivity contribution in [3.63, 3.8) is 0 Å². The molecule has 0 fully saturated rings. The van der Waals surface area contributed by atoms with E-state index < -0.39 is 28.4 Å². The SMILES string of the molecule is O=c1ccc2cc(S(=O)(=O)Nc3cc(Cl)ccc3OCC(F)(F)F)ccc2o1. The van der Waals surface area contributed by atoms with Crippen molar-refractivity contribution >= 4 is 38.3 Å². The molecule has 0 saturated carbocycles. The predicted molar refractivity (Wildman–Crippen MR) is 96.3 cm³/mol. The lowest BCUT2D eigenvalue weighted by atomic mass is 10.2. The van der Waals surface area contributed by atoms with E-state index in [1.54, 1.807) is 0 Å². The van der Waals surface area contributed by atoms with Crippen LogP contribution in [0.25, 0.3) is 11.0 Å². The number of hydrogen-bond donors (Lipinski definition) is 1. The zero-order chi connectivity index (χ0) is 20.5. The van der Waals surface area contributed by atoms with E-state index in [2.05, 4.69) is 9.46 Å². The molecule has 28 heavy (non-hydrogen) atoms. The second-order valence-corrected chi connectivity index (χ2v) is 7.72. The average molecular weight is 434 g/mol. The Hall–Kier alpha value is -2.72. The second kappa shape index (κ2) is 7.36. The van der Waals surface area contributed by atoms with Crippen LogP contribution < -0.4 is 15.1 Å². The topological polar surface area (TPSA) is 85.6 Å². The molecule has 0 aliphatic carbocycles. The number of anilines is 1. The zero-order valence-corrected chi connectivity index (χ0v) is 15.4. The first-order valence-electron chi connectivity index (χ1n) is 7.59. The van der Waals surface area contributed by atoms with Crippen molar-refractivity contribution < 1.29 is 30.7 Å². The quantitative estimate of drug-likeness (QED) is 0.610. The molecule has 148 valence electrons. The van der Waals surface area contributed by atoms with Crippen molar-refractivity contribution in [1.29, 1.82) is 0 Å². The highest BCUT2D eigenvalue weighted by molar-refractivity contribution is 7.92. The first-order valence-corrected chi connectivity index (χ1v) is 9.45. The summed E-state index contributed by atoms with van der Waals surface area (Å²) in [7, 11) is -4.20. The van der Waals surface area contributed by atoms with Crippen LogP contribution in [0.3, 0.4) is 0 Å². The van der Waals surface area contributed by atoms with Crippen molar-refractivity contribution in [3.8, 4) is 5.75 Å². The Balaban J connectivity index is 1.95. The number of fused-ring (bicyclic) bond motifs is 1. The molecule has 1 heterocycles. The van der Waals surface area contributed by atoms with Crippen molar-refractivity contribution in [1.82, 2.24) is 0 Å². The molecule has 2 aromatic carbocycles. The van der Waals surface area contributed by atoms with Crippen LogP contribution in [-0.2, 0) is 10.0 Å². The Kier molecular flexibility index (Phi) is 5.26. The average Bonchev–Trinajstić information content (AvgIpc) is 2.59. The Morgan fingerprint density at radius 1 is 1.07 bits per heavy atom. The van der Waals surface area contributed by atoms with E-state index in [0.717, 1.165) is 18.2 Å². The Labute approximate surface area is 161 Å². The van der Waals surface area contributed by atoms with Gasteiger partial charge in [-0.1, -0.05) is 11.6 Å². The van der Waals surface area contributed by atoms with Gasteiger partial charge in [0.25, 0.3) is 10.0 Å². The highest BCUT2D eigenvalue weighted by Crippen LogP contribution is 2.32. The number of nitrogens with one attached hydrogen (secondary N) is 1. The summed E-state index contributed by atoms with van der Waals surface area (Å²) in [5, 5.41) is 0.444. The summed E-state index contributed by atoms with van der Waals surface area (Å²) in [5.41, 5.74) is -0.661. The number of halogens is 4. The van der Waals surface area contributed by atoms with Crippen LogP contribution >= 0.6 is 11.6 Å². The number of benzene rings is 2. The van der Waals surface area contributed by atoms with Gasteiger partial charge in [0.2, 0.25) is 0 Å². The maximum Gasteiger partial charge on any atom is 0.422 e. The molecule has 0 aliphatic heterocycles. The van der Waals surface area contributed by atoms with Gasteiger partial charge >= 0.3 is 11.8 Å². The van der Waals surface area contributed by atoms with Crippen molar-refractivity contribution in [2.45, 2.75) is 11.1 Å². The third kappa shape index (κ3) is 4.76. The molecular formula is C17H11ClF3NO5S. The van der Waals surface area contributed by atoms with E-state index in [-0.39, 0.29) is 26.9 Å². The summed E-state index contributed by atoms with van der Waals surface area (Å²) in [6.45, 7) is -1.60. The van der Waals surface area contributed by atoms with Crippen LogP contribution in [0, 0.1) is 0 Å². The van der Waals surface area contributed by atoms with E-state index in [1.165, 1.54) is 30.3 Å². The standard InChI is InChI=1S/C17H11ClF3NO5S/c18-11-2-4-15(26-9-17(19,20)21)13(8-11)22-28(24,25)12-3-5-14-10(7-12)1-6-16(23)27-14/h1-8,22H,9H2. The third-order valence-electron chi connectivity index (χ3n) is 3.48. The lowest BCUT2D eigenvalue weighted by Crippen LogP contribution is -2.20. The van der Waals surface area contributed by atoms with Gasteiger partial charge in [0.05, 0.1) is 10.6 Å². The molecule has 0 unspecified atom stereocenters. The van der Waals surface area contributed by atoms with Crippen molar-refractivity contribution in [3.05, 3.63) is 64.0 Å². The second-order valence-electron chi connectivity index (χ2n) is 5.60. The van der Waals surface area contributed by atoms with Crippen LogP contribution in [0.1, 0.15) is 0 Å². The third-order valence-corrected chi connectivity index (χ3v) is 5.08. The molecule has 0 aliphatic rings. The van der Waals surface area contributed by atoms with Gasteiger partial charge in [0, 0.05) is 16.5 Å². The van der Waals surface area contributed by atoms with E-state index in [1.807, 2.05) is 0 Å². The Bertz CT molecular complexity index is 1190. The van der Waals surface area contributed by atoms with E-state index in [0.29, 0.717) is 5.39 Å². The largest absolute Gasteiger partial charge is 0.482 e. The highest BCUT2D eigenvalue weighted by atomic mass is 35.5. The summed E-state index contributed by atoms with van der Waals surface area (Å²) < 4.78 is 74.3. The number of rotatable bonds is 5. The molecule has 11 heteroatoms. The van der Waals surface area contributed by atoms with Crippen molar-refractivity contribution in [2.75, 3.05) is 11.3 Å². The Morgan fingerprint density at radius 3 is 2.54 bits per heavy atom.